The van der Waals surface area contributed by atoms with Gasteiger partial charge in [-0.3, -0.25) is 0 Å². The van der Waals surface area contributed by atoms with Crippen LogP contribution in [0.2, 0.25) is 0 Å². The van der Waals surface area contributed by atoms with Gasteiger partial charge in [-0.2, -0.15) is 13.2 Å². The van der Waals surface area contributed by atoms with E-state index in [-0.39, 0.29) is 13.0 Å². The third kappa shape index (κ3) is 3.62. The fraction of sp³-hybridized carbons (Fsp3) is 0.462. The quantitative estimate of drug-likeness (QED) is 0.918. The number of alkyl halides is 3. The van der Waals surface area contributed by atoms with Crippen molar-refractivity contribution in [1.29, 1.82) is 0 Å². The highest BCUT2D eigenvalue weighted by molar-refractivity contribution is 5.67. The van der Waals surface area contributed by atoms with Gasteiger partial charge in [0.15, 0.2) is 0 Å². The highest BCUT2D eigenvalue weighted by Crippen LogP contribution is 2.41. The van der Waals surface area contributed by atoms with Crippen LogP contribution in [0.4, 0.5) is 18.0 Å². The van der Waals surface area contributed by atoms with Gasteiger partial charge in [0.1, 0.15) is 6.61 Å². The highest BCUT2D eigenvalue weighted by atomic mass is 19.4. The zero-order chi connectivity index (χ0) is 13.9. The molecule has 6 heteroatoms. The largest absolute Gasteiger partial charge is 0.445 e. The molecule has 0 spiro atoms. The van der Waals surface area contributed by atoms with Crippen LogP contribution in [0.25, 0.3) is 0 Å². The SMILES string of the molecule is O=C(N[C@H]1CC[C@@H]1C(F)(F)F)OCc1ccccc1. The van der Waals surface area contributed by atoms with Crippen LogP contribution in [0.5, 0.6) is 0 Å². The van der Waals surface area contributed by atoms with Gasteiger partial charge in [-0.25, -0.2) is 4.79 Å². The maximum absolute atomic E-state index is 12.5. The number of nitrogens with one attached hydrogen (secondary N) is 1. The maximum atomic E-state index is 12.5. The summed E-state index contributed by atoms with van der Waals surface area (Å²) in [4.78, 5) is 11.4. The van der Waals surface area contributed by atoms with Crippen molar-refractivity contribution in [1.82, 2.24) is 5.32 Å². The van der Waals surface area contributed by atoms with E-state index in [4.69, 9.17) is 4.74 Å². The van der Waals surface area contributed by atoms with Gasteiger partial charge in [-0.15, -0.1) is 0 Å². The van der Waals surface area contributed by atoms with Gasteiger partial charge >= 0.3 is 12.3 Å². The van der Waals surface area contributed by atoms with Crippen LogP contribution in [-0.2, 0) is 11.3 Å². The minimum atomic E-state index is -4.25. The monoisotopic (exact) mass is 273 g/mol. The second-order valence-electron chi connectivity index (χ2n) is 4.54. The van der Waals surface area contributed by atoms with E-state index >= 15 is 0 Å². The molecule has 1 aromatic rings. The van der Waals surface area contributed by atoms with Crippen molar-refractivity contribution in [2.75, 3.05) is 0 Å². The molecule has 1 N–H and O–H groups in total. The molecule has 1 fully saturated rings. The fourth-order valence-electron chi connectivity index (χ4n) is 1.98. The summed E-state index contributed by atoms with van der Waals surface area (Å²) in [6.07, 6.45) is -4.66. The van der Waals surface area contributed by atoms with Crippen LogP contribution in [0, 0.1) is 5.92 Å². The Morgan fingerprint density at radius 1 is 1.26 bits per heavy atom. The Morgan fingerprint density at radius 2 is 1.95 bits per heavy atom. The van der Waals surface area contributed by atoms with E-state index in [0.29, 0.717) is 6.42 Å². The summed E-state index contributed by atoms with van der Waals surface area (Å²) >= 11 is 0. The third-order valence-electron chi connectivity index (χ3n) is 3.21. The number of amides is 1. The lowest BCUT2D eigenvalue weighted by molar-refractivity contribution is -0.202. The lowest BCUT2D eigenvalue weighted by Gasteiger charge is -2.37. The number of carbonyl (C=O) groups excluding carboxylic acids is 1. The van der Waals surface area contributed by atoms with E-state index in [9.17, 15) is 18.0 Å². The molecule has 0 unspecified atom stereocenters. The third-order valence-corrected chi connectivity index (χ3v) is 3.21. The average molecular weight is 273 g/mol. The van der Waals surface area contributed by atoms with E-state index in [2.05, 4.69) is 5.32 Å². The van der Waals surface area contributed by atoms with Gasteiger partial charge in [0.25, 0.3) is 0 Å². The fourth-order valence-corrected chi connectivity index (χ4v) is 1.98. The first kappa shape index (κ1) is 13.7. The predicted octanol–water partition coefficient (Wildman–Crippen LogP) is 3.25. The van der Waals surface area contributed by atoms with Crippen LogP contribution < -0.4 is 5.32 Å². The highest BCUT2D eigenvalue weighted by Gasteiger charge is 2.50. The van der Waals surface area contributed by atoms with Crippen molar-refractivity contribution in [2.45, 2.75) is 31.7 Å². The summed E-state index contributed by atoms with van der Waals surface area (Å²) in [6, 6.07) is 8.10. The molecule has 0 radical (unpaired) electrons. The molecule has 1 aromatic carbocycles. The molecule has 2 atom stereocenters. The topological polar surface area (TPSA) is 38.3 Å². The van der Waals surface area contributed by atoms with Crippen LogP contribution in [0.15, 0.2) is 30.3 Å². The Hall–Kier alpha value is -1.72. The number of hydrogen-bond acceptors (Lipinski definition) is 2. The van der Waals surface area contributed by atoms with Crippen molar-refractivity contribution in [3.8, 4) is 0 Å². The van der Waals surface area contributed by atoms with Gasteiger partial charge in [0.05, 0.1) is 5.92 Å². The molecule has 104 valence electrons. The zero-order valence-corrected chi connectivity index (χ0v) is 10.1. The van der Waals surface area contributed by atoms with E-state index in [1.807, 2.05) is 6.07 Å². The molecule has 19 heavy (non-hydrogen) atoms. The molecule has 0 aliphatic heterocycles. The van der Waals surface area contributed by atoms with Crippen LogP contribution in [-0.4, -0.2) is 18.3 Å². The second-order valence-corrected chi connectivity index (χ2v) is 4.54. The Bertz CT molecular complexity index is 433. The molecule has 3 nitrogen and oxygen atoms in total. The number of halogens is 3. The van der Waals surface area contributed by atoms with Gasteiger partial charge in [-0.1, -0.05) is 30.3 Å². The van der Waals surface area contributed by atoms with E-state index in [1.165, 1.54) is 0 Å². The zero-order valence-electron chi connectivity index (χ0n) is 10.1. The summed E-state index contributed by atoms with van der Waals surface area (Å²) in [5, 5.41) is 2.26. The Labute approximate surface area is 108 Å². The number of rotatable bonds is 3. The molecular formula is C13H14F3NO2. The normalized spacial score (nSPS) is 22.5. The number of alkyl carbamates (subject to hydrolysis) is 1. The maximum Gasteiger partial charge on any atom is 0.407 e. The van der Waals surface area contributed by atoms with Crippen LogP contribution in [0.3, 0.4) is 0 Å². The van der Waals surface area contributed by atoms with Crippen LogP contribution >= 0.6 is 0 Å². The molecule has 0 aromatic heterocycles. The van der Waals surface area contributed by atoms with Gasteiger partial charge in [0, 0.05) is 6.04 Å². The van der Waals surface area contributed by atoms with Crippen molar-refractivity contribution in [3.63, 3.8) is 0 Å². The second kappa shape index (κ2) is 5.50. The smallest absolute Gasteiger partial charge is 0.407 e. The van der Waals surface area contributed by atoms with Crippen molar-refractivity contribution < 1.29 is 22.7 Å². The molecule has 1 aliphatic rings. The van der Waals surface area contributed by atoms with Gasteiger partial charge < -0.3 is 10.1 Å². The Balaban J connectivity index is 1.76. The lowest BCUT2D eigenvalue weighted by atomic mass is 9.79. The van der Waals surface area contributed by atoms with E-state index < -0.39 is 24.2 Å². The number of hydrogen-bond donors (Lipinski definition) is 1. The first-order valence-corrected chi connectivity index (χ1v) is 6.01. The summed E-state index contributed by atoms with van der Waals surface area (Å²) in [5.41, 5.74) is 0.790. The Kier molecular flexibility index (Phi) is 3.97. The first-order valence-electron chi connectivity index (χ1n) is 6.01. The molecule has 1 amide bonds. The molecule has 0 heterocycles. The summed E-state index contributed by atoms with van der Waals surface area (Å²) < 4.78 is 42.3. The molecular weight excluding hydrogens is 259 g/mol. The van der Waals surface area contributed by atoms with E-state index in [1.54, 1.807) is 24.3 Å². The Morgan fingerprint density at radius 3 is 2.47 bits per heavy atom. The average Bonchev–Trinajstić information content (AvgIpc) is 2.31. The minimum absolute atomic E-state index is 0.0517. The molecule has 0 bridgehead atoms. The molecule has 0 saturated heterocycles. The van der Waals surface area contributed by atoms with Crippen molar-refractivity contribution in [2.24, 2.45) is 5.92 Å². The summed E-state index contributed by atoms with van der Waals surface area (Å²) in [6.45, 7) is 0.0517. The number of benzene rings is 1. The summed E-state index contributed by atoms with van der Waals surface area (Å²) in [5.74, 6) is -1.45. The standard InChI is InChI=1S/C13H14F3NO2/c14-13(15,16)10-6-7-11(10)17-12(18)19-8-9-4-2-1-3-5-9/h1-5,10-11H,6-8H2,(H,17,18)/t10-,11-/m0/s1. The van der Waals surface area contributed by atoms with Crippen molar-refractivity contribution >= 4 is 6.09 Å². The number of ether oxygens (including phenoxy) is 1. The minimum Gasteiger partial charge on any atom is -0.445 e. The van der Waals surface area contributed by atoms with Gasteiger partial charge in [-0.05, 0) is 18.4 Å². The first-order chi connectivity index (χ1) is 8.97. The molecule has 1 saturated carbocycles. The van der Waals surface area contributed by atoms with Gasteiger partial charge in [0.2, 0.25) is 0 Å². The van der Waals surface area contributed by atoms with E-state index in [0.717, 1.165) is 5.56 Å². The molecule has 2 rings (SSSR count). The predicted molar refractivity (Wildman–Crippen MR) is 62.3 cm³/mol. The van der Waals surface area contributed by atoms with Crippen molar-refractivity contribution in [3.05, 3.63) is 35.9 Å². The number of carbonyl (C=O) groups is 1. The van der Waals surface area contributed by atoms with Crippen LogP contribution in [0.1, 0.15) is 18.4 Å². The molecule has 1 aliphatic carbocycles. The lowest BCUT2D eigenvalue weighted by Crippen LogP contribution is -2.52. The summed E-state index contributed by atoms with van der Waals surface area (Å²) in [7, 11) is 0.